The van der Waals surface area contributed by atoms with Crippen molar-refractivity contribution in [3.63, 3.8) is 0 Å². The first-order valence-corrected chi connectivity index (χ1v) is 6.31. The number of halogens is 1. The Morgan fingerprint density at radius 2 is 1.76 bits per heavy atom. The first kappa shape index (κ1) is 13.1. The van der Waals surface area contributed by atoms with Crippen molar-refractivity contribution >= 4 is 11.6 Å². The van der Waals surface area contributed by atoms with Crippen molar-refractivity contribution in [2.75, 3.05) is 5.32 Å². The van der Waals surface area contributed by atoms with Crippen molar-refractivity contribution in [2.45, 2.75) is 0 Å². The highest BCUT2D eigenvalue weighted by molar-refractivity contribution is 6.02. The van der Waals surface area contributed by atoms with Gasteiger partial charge in [-0.25, -0.2) is 9.37 Å². The number of hydrogen-bond acceptors (Lipinski definition) is 3. The molecule has 0 radical (unpaired) electrons. The molecule has 2 aromatic carbocycles. The minimum Gasteiger partial charge on any atom is -0.431 e. The smallest absolute Gasteiger partial charge is 0.293 e. The van der Waals surface area contributed by atoms with Crippen LogP contribution in [0.1, 0.15) is 10.6 Å². The number of amides is 1. The number of anilines is 1. The summed E-state index contributed by atoms with van der Waals surface area (Å²) in [5, 5.41) is 2.44. The number of nitrogens with one attached hydrogen (secondary N) is 1. The lowest BCUT2D eigenvalue weighted by Crippen LogP contribution is -2.11. The fourth-order valence-corrected chi connectivity index (χ4v) is 1.84. The Balaban J connectivity index is 1.80. The van der Waals surface area contributed by atoms with Crippen LogP contribution in [-0.4, -0.2) is 10.9 Å². The molecule has 1 amide bonds. The van der Waals surface area contributed by atoms with Crippen LogP contribution in [0.4, 0.5) is 10.1 Å². The molecule has 3 rings (SSSR count). The monoisotopic (exact) mass is 282 g/mol. The molecule has 0 aliphatic rings. The van der Waals surface area contributed by atoms with E-state index in [1.807, 2.05) is 30.3 Å². The summed E-state index contributed by atoms with van der Waals surface area (Å²) < 4.78 is 18.9. The van der Waals surface area contributed by atoms with E-state index in [9.17, 15) is 9.18 Å². The number of rotatable bonds is 3. The van der Waals surface area contributed by atoms with Crippen LogP contribution in [0.25, 0.3) is 11.5 Å². The molecule has 5 heteroatoms. The summed E-state index contributed by atoms with van der Waals surface area (Å²) in [6.45, 7) is 0. The third kappa shape index (κ3) is 2.81. The van der Waals surface area contributed by atoms with Crippen molar-refractivity contribution in [3.05, 3.63) is 72.4 Å². The molecular formula is C16H11FN2O2. The zero-order valence-corrected chi connectivity index (χ0v) is 10.9. The van der Waals surface area contributed by atoms with Gasteiger partial charge in [0.2, 0.25) is 11.7 Å². The second-order valence-corrected chi connectivity index (χ2v) is 4.33. The number of para-hydroxylation sites is 1. The van der Waals surface area contributed by atoms with Gasteiger partial charge in [-0.2, -0.15) is 0 Å². The molecule has 104 valence electrons. The normalized spacial score (nSPS) is 10.3. The molecule has 1 aromatic heterocycles. The number of oxazole rings is 1. The van der Waals surface area contributed by atoms with Crippen molar-refractivity contribution in [2.24, 2.45) is 0 Å². The Morgan fingerprint density at radius 1 is 1.05 bits per heavy atom. The van der Waals surface area contributed by atoms with Gasteiger partial charge >= 0.3 is 0 Å². The summed E-state index contributed by atoms with van der Waals surface area (Å²) in [7, 11) is 0. The van der Waals surface area contributed by atoms with Gasteiger partial charge in [-0.1, -0.05) is 30.3 Å². The highest BCUT2D eigenvalue weighted by atomic mass is 19.1. The van der Waals surface area contributed by atoms with Crippen molar-refractivity contribution in [3.8, 4) is 11.5 Å². The van der Waals surface area contributed by atoms with Gasteiger partial charge in [0.05, 0.1) is 11.9 Å². The Morgan fingerprint density at radius 3 is 2.52 bits per heavy atom. The van der Waals surface area contributed by atoms with Gasteiger partial charge in [-0.3, -0.25) is 4.79 Å². The lowest BCUT2D eigenvalue weighted by Gasteiger charge is -2.03. The summed E-state index contributed by atoms with van der Waals surface area (Å²) >= 11 is 0. The van der Waals surface area contributed by atoms with E-state index in [-0.39, 0.29) is 11.4 Å². The van der Waals surface area contributed by atoms with Gasteiger partial charge in [0.1, 0.15) is 5.82 Å². The molecular weight excluding hydrogens is 271 g/mol. The molecule has 1 N–H and O–H groups in total. The van der Waals surface area contributed by atoms with E-state index in [1.165, 1.54) is 18.3 Å². The molecule has 0 spiro atoms. The number of carbonyl (C=O) groups excluding carboxylic acids is 1. The van der Waals surface area contributed by atoms with Gasteiger partial charge < -0.3 is 9.73 Å². The zero-order valence-electron chi connectivity index (χ0n) is 10.9. The van der Waals surface area contributed by atoms with E-state index < -0.39 is 11.7 Å². The van der Waals surface area contributed by atoms with E-state index >= 15 is 0 Å². The molecule has 4 nitrogen and oxygen atoms in total. The van der Waals surface area contributed by atoms with E-state index in [4.69, 9.17) is 4.42 Å². The van der Waals surface area contributed by atoms with Crippen LogP contribution in [0.3, 0.4) is 0 Å². The summed E-state index contributed by atoms with van der Waals surface area (Å²) in [5.41, 5.74) is 0.864. The van der Waals surface area contributed by atoms with Crippen LogP contribution in [0.2, 0.25) is 0 Å². The maximum absolute atomic E-state index is 13.5. The quantitative estimate of drug-likeness (QED) is 0.796. The molecule has 0 saturated carbocycles. The predicted molar refractivity (Wildman–Crippen MR) is 76.3 cm³/mol. The Kier molecular flexibility index (Phi) is 3.47. The van der Waals surface area contributed by atoms with Crippen molar-refractivity contribution < 1.29 is 13.6 Å². The first-order chi connectivity index (χ1) is 10.2. The van der Waals surface area contributed by atoms with E-state index in [1.54, 1.807) is 12.1 Å². The van der Waals surface area contributed by atoms with Crippen LogP contribution >= 0.6 is 0 Å². The minimum absolute atomic E-state index is 0.0251. The number of carbonyl (C=O) groups is 1. The second kappa shape index (κ2) is 5.58. The third-order valence-electron chi connectivity index (χ3n) is 2.87. The summed E-state index contributed by atoms with van der Waals surface area (Å²) in [5.74, 6) is -0.685. The Hall–Kier alpha value is -2.95. The SMILES string of the molecule is O=C(Nc1ccccc1F)c1cnc(-c2ccccc2)o1. The van der Waals surface area contributed by atoms with Crippen LogP contribution in [0, 0.1) is 5.82 Å². The molecule has 0 unspecified atom stereocenters. The molecule has 21 heavy (non-hydrogen) atoms. The van der Waals surface area contributed by atoms with Crippen molar-refractivity contribution in [1.82, 2.24) is 4.98 Å². The topological polar surface area (TPSA) is 55.1 Å². The van der Waals surface area contributed by atoms with Gasteiger partial charge in [0.15, 0.2) is 0 Å². The molecule has 0 aliphatic heterocycles. The molecule has 1 heterocycles. The van der Waals surface area contributed by atoms with Gasteiger partial charge in [0, 0.05) is 5.56 Å². The molecule has 3 aromatic rings. The third-order valence-corrected chi connectivity index (χ3v) is 2.87. The summed E-state index contributed by atoms with van der Waals surface area (Å²) in [6.07, 6.45) is 1.32. The van der Waals surface area contributed by atoms with Crippen LogP contribution in [0.5, 0.6) is 0 Å². The van der Waals surface area contributed by atoms with Crippen LogP contribution < -0.4 is 5.32 Å². The van der Waals surface area contributed by atoms with Crippen LogP contribution in [-0.2, 0) is 0 Å². The average Bonchev–Trinajstić information content (AvgIpc) is 3.00. The standard InChI is InChI=1S/C16H11FN2O2/c17-12-8-4-5-9-13(12)19-15(20)14-10-18-16(21-14)11-6-2-1-3-7-11/h1-10H,(H,19,20). The average molecular weight is 282 g/mol. The zero-order chi connectivity index (χ0) is 14.7. The lowest BCUT2D eigenvalue weighted by atomic mass is 10.2. The molecule has 0 saturated heterocycles. The Labute approximate surface area is 120 Å². The largest absolute Gasteiger partial charge is 0.431 e. The summed E-state index contributed by atoms with van der Waals surface area (Å²) in [4.78, 5) is 16.0. The fraction of sp³-hybridized carbons (Fsp3) is 0. The van der Waals surface area contributed by atoms with Gasteiger partial charge in [-0.05, 0) is 24.3 Å². The molecule has 0 atom stereocenters. The van der Waals surface area contributed by atoms with Crippen molar-refractivity contribution in [1.29, 1.82) is 0 Å². The number of aromatic nitrogens is 1. The van der Waals surface area contributed by atoms with E-state index in [2.05, 4.69) is 10.3 Å². The van der Waals surface area contributed by atoms with Gasteiger partial charge in [-0.15, -0.1) is 0 Å². The molecule has 0 aliphatic carbocycles. The highest BCUT2D eigenvalue weighted by Gasteiger charge is 2.15. The van der Waals surface area contributed by atoms with E-state index in [0.717, 1.165) is 5.56 Å². The predicted octanol–water partition coefficient (Wildman–Crippen LogP) is 3.73. The molecule has 0 fully saturated rings. The summed E-state index contributed by atoms with van der Waals surface area (Å²) in [6, 6.07) is 15.1. The first-order valence-electron chi connectivity index (χ1n) is 6.31. The van der Waals surface area contributed by atoms with E-state index in [0.29, 0.717) is 5.89 Å². The number of benzene rings is 2. The maximum Gasteiger partial charge on any atom is 0.293 e. The van der Waals surface area contributed by atoms with Gasteiger partial charge in [0.25, 0.3) is 5.91 Å². The highest BCUT2D eigenvalue weighted by Crippen LogP contribution is 2.20. The number of nitrogens with zero attached hydrogens (tertiary/aromatic N) is 1. The molecule has 0 bridgehead atoms. The number of hydrogen-bond donors (Lipinski definition) is 1. The van der Waals surface area contributed by atoms with Crippen LogP contribution in [0.15, 0.2) is 65.2 Å². The maximum atomic E-state index is 13.5. The second-order valence-electron chi connectivity index (χ2n) is 4.33. The Bertz CT molecular complexity index is 769. The minimum atomic E-state index is -0.546. The fourth-order valence-electron chi connectivity index (χ4n) is 1.84. The lowest BCUT2D eigenvalue weighted by molar-refractivity contribution is 0.0997.